The molecule has 0 aromatic rings. The highest BCUT2D eigenvalue weighted by Gasteiger charge is 2.31. The van der Waals surface area contributed by atoms with Gasteiger partial charge in [-0.15, -0.1) is 0 Å². The second-order valence-corrected chi connectivity index (χ2v) is 6.62. The van der Waals surface area contributed by atoms with Crippen LogP contribution >= 0.6 is 12.6 Å². The first-order chi connectivity index (χ1) is 7.31. The Kier molecular flexibility index (Phi) is 4.63. The molecule has 2 atom stereocenters. The summed E-state index contributed by atoms with van der Waals surface area (Å²) in [6, 6.07) is -0.379. The molecule has 1 aliphatic heterocycles. The zero-order valence-electron chi connectivity index (χ0n) is 9.51. The van der Waals surface area contributed by atoms with Crippen molar-refractivity contribution in [2.45, 2.75) is 37.6 Å². The minimum Gasteiger partial charge on any atom is -0.280 e. The minimum atomic E-state index is -3.47. The average Bonchev–Trinajstić information content (AvgIpc) is 2.15. The van der Waals surface area contributed by atoms with E-state index in [1.165, 1.54) is 0 Å². The number of hydrogen-bond donors (Lipinski definition) is 2. The molecule has 94 valence electrons. The van der Waals surface area contributed by atoms with E-state index in [-0.39, 0.29) is 11.4 Å². The van der Waals surface area contributed by atoms with Crippen molar-refractivity contribution in [1.29, 1.82) is 0 Å². The van der Waals surface area contributed by atoms with Gasteiger partial charge in [0.05, 0.1) is 17.7 Å². The smallest absolute Gasteiger partial charge is 0.250 e. The largest absolute Gasteiger partial charge is 0.280 e. The molecule has 0 spiro atoms. The maximum atomic E-state index is 11.8. The maximum absolute atomic E-state index is 11.8. The van der Waals surface area contributed by atoms with E-state index in [1.807, 2.05) is 16.5 Å². The Hall–Kier alpha value is -0.270. The third kappa shape index (κ3) is 3.95. The van der Waals surface area contributed by atoms with E-state index >= 15 is 0 Å². The Morgan fingerprint density at radius 1 is 1.50 bits per heavy atom. The quantitative estimate of drug-likeness (QED) is 0.716. The topological polar surface area (TPSA) is 66.5 Å². The lowest BCUT2D eigenvalue weighted by Crippen LogP contribution is -2.52. The summed E-state index contributed by atoms with van der Waals surface area (Å²) in [5.41, 5.74) is 0. The molecular weight excluding hydrogens is 248 g/mol. The highest BCUT2D eigenvalue weighted by atomic mass is 32.2. The Morgan fingerprint density at radius 2 is 2.12 bits per heavy atom. The van der Waals surface area contributed by atoms with Crippen molar-refractivity contribution >= 4 is 28.6 Å². The van der Waals surface area contributed by atoms with Gasteiger partial charge in [-0.25, -0.2) is 8.42 Å². The summed E-state index contributed by atoms with van der Waals surface area (Å²) in [5, 5.41) is -0.0457. The molecule has 0 aromatic heterocycles. The van der Waals surface area contributed by atoms with Crippen LogP contribution in [0.1, 0.15) is 26.2 Å². The number of thiol groups is 1. The number of nitrogens with one attached hydrogen (secondary N) is 1. The molecule has 1 N–H and O–H groups in total. The number of piperidine rings is 1. The van der Waals surface area contributed by atoms with E-state index in [4.69, 9.17) is 0 Å². The molecule has 7 heteroatoms. The molecule has 0 aliphatic carbocycles. The van der Waals surface area contributed by atoms with Crippen LogP contribution in [0.25, 0.3) is 0 Å². The average molecular weight is 266 g/mol. The first kappa shape index (κ1) is 13.8. The summed E-state index contributed by atoms with van der Waals surface area (Å²) in [6.07, 6.45) is 3.64. The fourth-order valence-corrected chi connectivity index (χ4v) is 2.71. The SMILES string of the molecule is CC(S)N1CCCCC1C(=O)NS(C)(=O)=O. The lowest BCUT2D eigenvalue weighted by Gasteiger charge is -2.36. The summed E-state index contributed by atoms with van der Waals surface area (Å²) in [5.74, 6) is -0.442. The third-order valence-electron chi connectivity index (χ3n) is 2.61. The molecule has 2 unspecified atom stereocenters. The van der Waals surface area contributed by atoms with Crippen LogP contribution in [-0.2, 0) is 14.8 Å². The molecular formula is C9H18N2O3S2. The Morgan fingerprint density at radius 3 is 2.62 bits per heavy atom. The highest BCUT2D eigenvalue weighted by Crippen LogP contribution is 2.21. The molecule has 1 fully saturated rings. The third-order valence-corrected chi connectivity index (χ3v) is 3.48. The van der Waals surface area contributed by atoms with Gasteiger partial charge in [-0.05, 0) is 26.3 Å². The summed E-state index contributed by atoms with van der Waals surface area (Å²) in [4.78, 5) is 13.7. The van der Waals surface area contributed by atoms with E-state index in [1.54, 1.807) is 0 Å². The van der Waals surface area contributed by atoms with Crippen LogP contribution in [0.2, 0.25) is 0 Å². The van der Waals surface area contributed by atoms with Gasteiger partial charge in [0.25, 0.3) is 5.91 Å². The Bertz CT molecular complexity index is 354. The van der Waals surface area contributed by atoms with Crippen molar-refractivity contribution in [3.05, 3.63) is 0 Å². The number of amides is 1. The molecule has 1 rings (SSSR count). The Balaban J connectivity index is 2.72. The molecule has 0 radical (unpaired) electrons. The number of rotatable bonds is 3. The van der Waals surface area contributed by atoms with Crippen molar-refractivity contribution < 1.29 is 13.2 Å². The number of carbonyl (C=O) groups excluding carboxylic acids is 1. The fraction of sp³-hybridized carbons (Fsp3) is 0.889. The van der Waals surface area contributed by atoms with Crippen LogP contribution < -0.4 is 4.72 Å². The van der Waals surface area contributed by atoms with E-state index in [9.17, 15) is 13.2 Å². The highest BCUT2D eigenvalue weighted by molar-refractivity contribution is 7.89. The first-order valence-corrected chi connectivity index (χ1v) is 7.67. The maximum Gasteiger partial charge on any atom is 0.250 e. The van der Waals surface area contributed by atoms with E-state index in [2.05, 4.69) is 12.6 Å². The lowest BCUT2D eigenvalue weighted by atomic mass is 10.0. The molecule has 1 heterocycles. The van der Waals surface area contributed by atoms with Crippen LogP contribution in [0.15, 0.2) is 0 Å². The van der Waals surface area contributed by atoms with Gasteiger partial charge in [0.1, 0.15) is 0 Å². The summed E-state index contributed by atoms with van der Waals surface area (Å²) < 4.78 is 24.0. The standard InChI is InChI=1S/C9H18N2O3S2/c1-7(15)11-6-4-3-5-8(11)9(12)10-16(2,13)14/h7-8,15H,3-6H2,1-2H3,(H,10,12). The summed E-state index contributed by atoms with van der Waals surface area (Å²) in [6.45, 7) is 2.67. The molecule has 0 saturated carbocycles. The zero-order chi connectivity index (χ0) is 12.3. The van der Waals surface area contributed by atoms with Crippen LogP contribution in [0.5, 0.6) is 0 Å². The van der Waals surface area contributed by atoms with Gasteiger partial charge in [-0.1, -0.05) is 6.42 Å². The number of sulfonamides is 1. The van der Waals surface area contributed by atoms with Crippen molar-refractivity contribution in [3.8, 4) is 0 Å². The first-order valence-electron chi connectivity index (χ1n) is 5.26. The molecule has 1 amide bonds. The van der Waals surface area contributed by atoms with Crippen LogP contribution in [0, 0.1) is 0 Å². The number of nitrogens with zero attached hydrogens (tertiary/aromatic N) is 1. The van der Waals surface area contributed by atoms with Crippen LogP contribution in [0.3, 0.4) is 0 Å². The van der Waals surface area contributed by atoms with Gasteiger partial charge in [0.15, 0.2) is 0 Å². The lowest BCUT2D eigenvalue weighted by molar-refractivity contribution is -0.126. The van der Waals surface area contributed by atoms with Gasteiger partial charge in [-0.3, -0.25) is 14.4 Å². The predicted octanol–water partition coefficient (Wildman–Crippen LogP) is 0.192. The summed E-state index contributed by atoms with van der Waals surface area (Å²) in [7, 11) is -3.47. The minimum absolute atomic E-state index is 0.0457. The van der Waals surface area contributed by atoms with Crippen LogP contribution in [-0.4, -0.2) is 43.4 Å². The van der Waals surface area contributed by atoms with E-state index < -0.39 is 15.9 Å². The molecule has 1 saturated heterocycles. The van der Waals surface area contributed by atoms with Gasteiger partial charge >= 0.3 is 0 Å². The fourth-order valence-electron chi connectivity index (χ4n) is 1.93. The van der Waals surface area contributed by atoms with Crippen molar-refractivity contribution in [1.82, 2.24) is 9.62 Å². The zero-order valence-corrected chi connectivity index (χ0v) is 11.2. The van der Waals surface area contributed by atoms with Crippen molar-refractivity contribution in [2.75, 3.05) is 12.8 Å². The molecule has 0 aromatic carbocycles. The van der Waals surface area contributed by atoms with E-state index in [0.717, 1.165) is 25.6 Å². The monoisotopic (exact) mass is 266 g/mol. The van der Waals surface area contributed by atoms with Gasteiger partial charge in [-0.2, -0.15) is 12.6 Å². The van der Waals surface area contributed by atoms with Crippen molar-refractivity contribution in [3.63, 3.8) is 0 Å². The number of hydrogen-bond acceptors (Lipinski definition) is 5. The molecule has 5 nitrogen and oxygen atoms in total. The van der Waals surface area contributed by atoms with Crippen molar-refractivity contribution in [2.24, 2.45) is 0 Å². The number of carbonyl (C=O) groups is 1. The van der Waals surface area contributed by atoms with Gasteiger partial charge in [0, 0.05) is 0 Å². The molecule has 0 bridgehead atoms. The number of likely N-dealkylation sites (tertiary alicyclic amines) is 1. The summed E-state index contributed by atoms with van der Waals surface area (Å²) >= 11 is 4.30. The molecule has 16 heavy (non-hydrogen) atoms. The normalized spacial score (nSPS) is 25.1. The second kappa shape index (κ2) is 5.37. The predicted molar refractivity (Wildman–Crippen MR) is 65.8 cm³/mol. The molecule has 1 aliphatic rings. The Labute approximate surface area is 102 Å². The second-order valence-electron chi connectivity index (χ2n) is 4.12. The van der Waals surface area contributed by atoms with E-state index in [0.29, 0.717) is 6.42 Å². The van der Waals surface area contributed by atoms with Gasteiger partial charge < -0.3 is 0 Å². The van der Waals surface area contributed by atoms with Crippen LogP contribution in [0.4, 0.5) is 0 Å². The van der Waals surface area contributed by atoms with Gasteiger partial charge in [0.2, 0.25) is 10.0 Å².